The summed E-state index contributed by atoms with van der Waals surface area (Å²) < 4.78 is 0. The van der Waals surface area contributed by atoms with Crippen molar-refractivity contribution in [1.82, 2.24) is 0 Å². The third kappa shape index (κ3) is 1.81. The SMILES string of the molecule is N[C@H]1C(C2CCCCC2)C[C@@H](O)[C@@H]1O. The molecular weight excluding hydrogens is 178 g/mol. The zero-order valence-electron chi connectivity index (χ0n) is 8.60. The van der Waals surface area contributed by atoms with Crippen molar-refractivity contribution in [3.05, 3.63) is 0 Å². The first-order valence-corrected chi connectivity index (χ1v) is 5.82. The van der Waals surface area contributed by atoms with Crippen molar-refractivity contribution in [1.29, 1.82) is 0 Å². The number of hydrogen-bond donors (Lipinski definition) is 3. The maximum Gasteiger partial charge on any atom is 0.0952 e. The topological polar surface area (TPSA) is 66.5 Å². The minimum atomic E-state index is -0.693. The van der Waals surface area contributed by atoms with E-state index >= 15 is 0 Å². The van der Waals surface area contributed by atoms with Gasteiger partial charge in [0.15, 0.2) is 0 Å². The van der Waals surface area contributed by atoms with Crippen LogP contribution in [0.2, 0.25) is 0 Å². The van der Waals surface area contributed by atoms with E-state index in [0.29, 0.717) is 18.3 Å². The van der Waals surface area contributed by atoms with E-state index in [1.54, 1.807) is 0 Å². The second-order valence-corrected chi connectivity index (χ2v) is 4.93. The Labute approximate surface area is 85.3 Å². The van der Waals surface area contributed by atoms with Crippen LogP contribution in [0.4, 0.5) is 0 Å². The fourth-order valence-corrected chi connectivity index (χ4v) is 3.15. The van der Waals surface area contributed by atoms with E-state index in [0.717, 1.165) is 0 Å². The molecule has 0 aliphatic heterocycles. The Morgan fingerprint density at radius 1 is 1.00 bits per heavy atom. The van der Waals surface area contributed by atoms with E-state index in [4.69, 9.17) is 5.73 Å². The highest BCUT2D eigenvalue weighted by Crippen LogP contribution is 2.38. The molecule has 0 bridgehead atoms. The standard InChI is InChI=1S/C11H21NO2/c12-10-8(6-9(13)11(10)14)7-4-2-1-3-5-7/h7-11,13-14H,1-6,12H2/t8?,9-,10+,11+/m1/s1. The zero-order chi connectivity index (χ0) is 10.1. The van der Waals surface area contributed by atoms with Crippen LogP contribution in [-0.2, 0) is 0 Å². The maximum absolute atomic E-state index is 9.59. The molecule has 3 heteroatoms. The molecule has 0 saturated heterocycles. The van der Waals surface area contributed by atoms with Crippen LogP contribution in [0.3, 0.4) is 0 Å². The predicted octanol–water partition coefficient (Wildman–Crippen LogP) is 0.636. The van der Waals surface area contributed by atoms with Crippen molar-refractivity contribution < 1.29 is 10.2 Å². The molecule has 82 valence electrons. The number of hydrogen-bond acceptors (Lipinski definition) is 3. The molecule has 0 aromatic carbocycles. The van der Waals surface area contributed by atoms with E-state index in [1.165, 1.54) is 32.1 Å². The van der Waals surface area contributed by atoms with Crippen LogP contribution in [0.15, 0.2) is 0 Å². The Bertz CT molecular complexity index is 192. The summed E-state index contributed by atoms with van der Waals surface area (Å²) >= 11 is 0. The van der Waals surface area contributed by atoms with Crippen LogP contribution in [0.25, 0.3) is 0 Å². The van der Waals surface area contributed by atoms with Gasteiger partial charge in [-0.2, -0.15) is 0 Å². The molecule has 2 rings (SSSR count). The lowest BCUT2D eigenvalue weighted by Gasteiger charge is -2.30. The molecule has 2 aliphatic rings. The van der Waals surface area contributed by atoms with E-state index in [1.807, 2.05) is 0 Å². The lowest BCUT2D eigenvalue weighted by atomic mass is 9.78. The van der Waals surface area contributed by atoms with Gasteiger partial charge in [0.05, 0.1) is 12.2 Å². The second kappa shape index (κ2) is 4.17. The average Bonchev–Trinajstić information content (AvgIpc) is 2.47. The summed E-state index contributed by atoms with van der Waals surface area (Å²) in [5, 5.41) is 19.1. The highest BCUT2D eigenvalue weighted by atomic mass is 16.3. The molecule has 4 atom stereocenters. The lowest BCUT2D eigenvalue weighted by molar-refractivity contribution is 0.0360. The zero-order valence-corrected chi connectivity index (χ0v) is 8.60. The summed E-state index contributed by atoms with van der Waals surface area (Å²) in [6.07, 6.45) is 5.81. The molecule has 0 aromatic heterocycles. The third-order valence-corrected chi connectivity index (χ3v) is 4.05. The second-order valence-electron chi connectivity index (χ2n) is 4.93. The summed E-state index contributed by atoms with van der Waals surface area (Å²) in [4.78, 5) is 0. The molecule has 3 nitrogen and oxygen atoms in total. The van der Waals surface area contributed by atoms with Crippen molar-refractivity contribution in [2.75, 3.05) is 0 Å². The quantitative estimate of drug-likeness (QED) is 0.580. The molecular formula is C11H21NO2. The van der Waals surface area contributed by atoms with Gasteiger partial charge in [0.2, 0.25) is 0 Å². The van der Waals surface area contributed by atoms with Gasteiger partial charge in [0, 0.05) is 6.04 Å². The van der Waals surface area contributed by atoms with Gasteiger partial charge < -0.3 is 15.9 Å². The summed E-state index contributed by atoms with van der Waals surface area (Å²) in [6.45, 7) is 0. The minimum absolute atomic E-state index is 0.201. The molecule has 2 saturated carbocycles. The number of rotatable bonds is 1. The van der Waals surface area contributed by atoms with Crippen molar-refractivity contribution in [2.45, 2.75) is 56.8 Å². The molecule has 4 N–H and O–H groups in total. The monoisotopic (exact) mass is 199 g/mol. The van der Waals surface area contributed by atoms with Crippen LogP contribution in [0.1, 0.15) is 38.5 Å². The first-order chi connectivity index (χ1) is 6.70. The van der Waals surface area contributed by atoms with Crippen molar-refractivity contribution >= 4 is 0 Å². The van der Waals surface area contributed by atoms with Gasteiger partial charge in [-0.15, -0.1) is 0 Å². The summed E-state index contributed by atoms with van der Waals surface area (Å²) in [5.41, 5.74) is 5.93. The number of aliphatic hydroxyl groups is 2. The molecule has 0 spiro atoms. The van der Waals surface area contributed by atoms with Crippen LogP contribution in [0.5, 0.6) is 0 Å². The Balaban J connectivity index is 1.97. The van der Waals surface area contributed by atoms with Gasteiger partial charge in [-0.1, -0.05) is 32.1 Å². The Morgan fingerprint density at radius 3 is 2.14 bits per heavy atom. The van der Waals surface area contributed by atoms with Crippen molar-refractivity contribution in [2.24, 2.45) is 17.6 Å². The maximum atomic E-state index is 9.59. The highest BCUT2D eigenvalue weighted by molar-refractivity contribution is 4.97. The van der Waals surface area contributed by atoms with Crippen LogP contribution < -0.4 is 5.73 Å². The van der Waals surface area contributed by atoms with Gasteiger partial charge in [-0.3, -0.25) is 0 Å². The van der Waals surface area contributed by atoms with E-state index in [2.05, 4.69) is 0 Å². The molecule has 1 unspecified atom stereocenters. The Hall–Kier alpha value is -0.120. The molecule has 0 amide bonds. The lowest BCUT2D eigenvalue weighted by Crippen LogP contribution is -2.40. The van der Waals surface area contributed by atoms with Gasteiger partial charge in [0.1, 0.15) is 0 Å². The van der Waals surface area contributed by atoms with Gasteiger partial charge in [-0.25, -0.2) is 0 Å². The molecule has 0 aromatic rings. The fourth-order valence-electron chi connectivity index (χ4n) is 3.15. The number of aliphatic hydroxyl groups excluding tert-OH is 2. The van der Waals surface area contributed by atoms with Gasteiger partial charge in [-0.05, 0) is 18.3 Å². The van der Waals surface area contributed by atoms with Gasteiger partial charge in [0.25, 0.3) is 0 Å². The number of nitrogens with two attached hydrogens (primary N) is 1. The van der Waals surface area contributed by atoms with E-state index < -0.39 is 12.2 Å². The summed E-state index contributed by atoms with van der Waals surface area (Å²) in [5.74, 6) is 0.992. The normalized spacial score (nSPS) is 45.6. The van der Waals surface area contributed by atoms with Crippen molar-refractivity contribution in [3.63, 3.8) is 0 Å². The van der Waals surface area contributed by atoms with Crippen LogP contribution in [-0.4, -0.2) is 28.5 Å². The smallest absolute Gasteiger partial charge is 0.0952 e. The average molecular weight is 199 g/mol. The first kappa shape index (κ1) is 10.4. The fraction of sp³-hybridized carbons (Fsp3) is 1.00. The van der Waals surface area contributed by atoms with Crippen LogP contribution >= 0.6 is 0 Å². The first-order valence-electron chi connectivity index (χ1n) is 5.82. The third-order valence-electron chi connectivity index (χ3n) is 4.05. The van der Waals surface area contributed by atoms with Gasteiger partial charge >= 0.3 is 0 Å². The molecule has 0 radical (unpaired) electrons. The summed E-state index contributed by atoms with van der Waals surface area (Å²) in [7, 11) is 0. The Kier molecular flexibility index (Phi) is 3.10. The van der Waals surface area contributed by atoms with E-state index in [-0.39, 0.29) is 6.04 Å². The van der Waals surface area contributed by atoms with Crippen molar-refractivity contribution in [3.8, 4) is 0 Å². The largest absolute Gasteiger partial charge is 0.390 e. The Morgan fingerprint density at radius 2 is 1.64 bits per heavy atom. The van der Waals surface area contributed by atoms with E-state index in [9.17, 15) is 10.2 Å². The molecule has 0 heterocycles. The summed E-state index contributed by atoms with van der Waals surface area (Å²) in [6, 6.07) is -0.201. The van der Waals surface area contributed by atoms with Crippen LogP contribution in [0, 0.1) is 11.8 Å². The molecule has 14 heavy (non-hydrogen) atoms. The minimum Gasteiger partial charge on any atom is -0.390 e. The predicted molar refractivity (Wildman–Crippen MR) is 54.7 cm³/mol. The molecule has 2 fully saturated rings. The molecule has 2 aliphatic carbocycles. The highest BCUT2D eigenvalue weighted by Gasteiger charge is 2.42.